The smallest absolute Gasteiger partial charge is 0.249 e. The summed E-state index contributed by atoms with van der Waals surface area (Å²) < 4.78 is 6.77. The van der Waals surface area contributed by atoms with Gasteiger partial charge in [-0.15, -0.1) is 5.10 Å². The molecule has 1 fully saturated rings. The monoisotopic (exact) mass is 305 g/mol. The van der Waals surface area contributed by atoms with E-state index in [0.717, 1.165) is 25.0 Å². The fourth-order valence-corrected chi connectivity index (χ4v) is 2.68. The first-order chi connectivity index (χ1) is 10.1. The van der Waals surface area contributed by atoms with Crippen molar-refractivity contribution in [3.05, 3.63) is 35.5 Å². The first-order valence-corrected chi connectivity index (χ1v) is 7.27. The Kier molecular flexibility index (Phi) is 3.94. The highest BCUT2D eigenvalue weighted by molar-refractivity contribution is 6.30. The van der Waals surface area contributed by atoms with E-state index in [2.05, 4.69) is 5.10 Å². The van der Waals surface area contributed by atoms with Gasteiger partial charge in [0.25, 0.3) is 0 Å². The lowest BCUT2D eigenvalue weighted by atomic mass is 10.1. The molecule has 2 aromatic rings. The number of nitrogens with zero attached hydrogens (tertiary/aromatic N) is 2. The lowest BCUT2D eigenvalue weighted by molar-refractivity contribution is 0.0693. The van der Waals surface area contributed by atoms with Crippen LogP contribution in [0.25, 0.3) is 11.1 Å². The van der Waals surface area contributed by atoms with E-state index in [4.69, 9.17) is 22.1 Å². The zero-order valence-electron chi connectivity index (χ0n) is 11.5. The van der Waals surface area contributed by atoms with Crippen molar-refractivity contribution in [3.8, 4) is 11.1 Å². The molecule has 1 aromatic heterocycles. The zero-order valence-corrected chi connectivity index (χ0v) is 12.2. The summed E-state index contributed by atoms with van der Waals surface area (Å²) in [7, 11) is 0. The van der Waals surface area contributed by atoms with Crippen LogP contribution in [0.3, 0.4) is 0 Å². The van der Waals surface area contributed by atoms with Crippen LogP contribution in [0.4, 0.5) is 5.82 Å². The van der Waals surface area contributed by atoms with Crippen LogP contribution in [0, 0.1) is 0 Å². The van der Waals surface area contributed by atoms with Crippen molar-refractivity contribution in [2.24, 2.45) is 0 Å². The summed E-state index contributed by atoms with van der Waals surface area (Å²) in [6.07, 6.45) is 3.91. The number of rotatable bonds is 3. The Morgan fingerprint density at radius 2 is 2.38 bits per heavy atom. The molecule has 0 spiro atoms. The van der Waals surface area contributed by atoms with Gasteiger partial charge < -0.3 is 10.5 Å². The highest BCUT2D eigenvalue weighted by atomic mass is 35.5. The van der Waals surface area contributed by atoms with Crippen molar-refractivity contribution in [3.63, 3.8) is 0 Å². The van der Waals surface area contributed by atoms with Crippen molar-refractivity contribution in [2.45, 2.75) is 25.4 Å². The van der Waals surface area contributed by atoms with Crippen LogP contribution >= 0.6 is 11.6 Å². The van der Waals surface area contributed by atoms with Crippen LogP contribution in [-0.2, 0) is 4.74 Å². The second-order valence-corrected chi connectivity index (χ2v) is 5.55. The Balaban J connectivity index is 1.82. The van der Waals surface area contributed by atoms with Crippen molar-refractivity contribution in [2.75, 3.05) is 12.3 Å². The normalized spacial score (nSPS) is 18.0. The summed E-state index contributed by atoms with van der Waals surface area (Å²) in [6, 6.07) is 7.30. The fourth-order valence-electron chi connectivity index (χ4n) is 2.49. The average molecular weight is 306 g/mol. The van der Waals surface area contributed by atoms with Gasteiger partial charge >= 0.3 is 0 Å². The number of hydrogen-bond acceptors (Lipinski definition) is 4. The molecule has 2 N–H and O–H groups in total. The van der Waals surface area contributed by atoms with E-state index >= 15 is 0 Å². The lowest BCUT2D eigenvalue weighted by Crippen LogP contribution is -2.19. The largest absolute Gasteiger partial charge is 0.382 e. The zero-order chi connectivity index (χ0) is 14.8. The lowest BCUT2D eigenvalue weighted by Gasteiger charge is -2.07. The van der Waals surface area contributed by atoms with Gasteiger partial charge in [0.2, 0.25) is 5.91 Å². The Morgan fingerprint density at radius 1 is 1.52 bits per heavy atom. The molecule has 0 aliphatic carbocycles. The van der Waals surface area contributed by atoms with Crippen molar-refractivity contribution in [1.82, 2.24) is 9.78 Å². The van der Waals surface area contributed by atoms with Crippen molar-refractivity contribution >= 4 is 23.3 Å². The number of carbonyl (C=O) groups is 1. The highest BCUT2D eigenvalue weighted by Gasteiger charge is 2.21. The number of hydrogen-bond donors (Lipinski definition) is 1. The van der Waals surface area contributed by atoms with Crippen LogP contribution in [0.15, 0.2) is 30.5 Å². The average Bonchev–Trinajstić information content (AvgIpc) is 3.08. The molecule has 1 aromatic carbocycles. The van der Waals surface area contributed by atoms with Crippen LogP contribution in [0.5, 0.6) is 0 Å². The van der Waals surface area contributed by atoms with E-state index in [1.807, 2.05) is 12.1 Å². The number of halogens is 1. The minimum atomic E-state index is -0.109. The van der Waals surface area contributed by atoms with Crippen LogP contribution in [0.1, 0.15) is 24.1 Å². The second kappa shape index (κ2) is 5.87. The maximum atomic E-state index is 12.2. The summed E-state index contributed by atoms with van der Waals surface area (Å²) in [5.41, 5.74) is 7.46. The molecule has 0 amide bonds. The molecule has 0 bridgehead atoms. The van der Waals surface area contributed by atoms with Gasteiger partial charge in [-0.3, -0.25) is 4.79 Å². The molecular formula is C15H16ClN3O2. The minimum absolute atomic E-state index is 0.00227. The maximum Gasteiger partial charge on any atom is 0.249 e. The summed E-state index contributed by atoms with van der Waals surface area (Å²) >= 11 is 5.98. The highest BCUT2D eigenvalue weighted by Crippen LogP contribution is 2.27. The van der Waals surface area contributed by atoms with Crippen molar-refractivity contribution in [1.29, 1.82) is 0 Å². The van der Waals surface area contributed by atoms with Gasteiger partial charge in [0, 0.05) is 23.4 Å². The van der Waals surface area contributed by atoms with Gasteiger partial charge in [0.1, 0.15) is 0 Å². The molecule has 110 valence electrons. The predicted molar refractivity (Wildman–Crippen MR) is 81.3 cm³/mol. The molecule has 2 heterocycles. The summed E-state index contributed by atoms with van der Waals surface area (Å²) in [5.74, 6) is 0.208. The first kappa shape index (κ1) is 14.1. The summed E-state index contributed by atoms with van der Waals surface area (Å²) in [4.78, 5) is 12.2. The van der Waals surface area contributed by atoms with E-state index in [1.54, 1.807) is 18.3 Å². The standard InChI is InChI=1S/C15H16ClN3O2/c16-11-4-1-3-10(7-11)13-9-19(18-15(13)17)14(20)8-12-5-2-6-21-12/h1,3-4,7,9,12H,2,5-6,8H2,(H2,17,18)/t12-/m1/s1. The SMILES string of the molecule is Nc1nn(C(=O)C[C@H]2CCCO2)cc1-c1cccc(Cl)c1. The number of nitrogen functional groups attached to an aromatic ring is 1. The van der Waals surface area contributed by atoms with Gasteiger partial charge in [-0.25, -0.2) is 4.68 Å². The third kappa shape index (κ3) is 3.09. The van der Waals surface area contributed by atoms with Crippen LogP contribution in [-0.4, -0.2) is 28.4 Å². The van der Waals surface area contributed by atoms with Gasteiger partial charge in [-0.05, 0) is 30.5 Å². The van der Waals surface area contributed by atoms with Gasteiger partial charge in [0.15, 0.2) is 5.82 Å². The molecule has 0 unspecified atom stereocenters. The fraction of sp³-hybridized carbons (Fsp3) is 0.333. The number of aromatic nitrogens is 2. The second-order valence-electron chi connectivity index (χ2n) is 5.12. The Labute approximate surface area is 127 Å². The molecule has 1 saturated heterocycles. The first-order valence-electron chi connectivity index (χ1n) is 6.89. The molecule has 1 atom stereocenters. The van der Waals surface area contributed by atoms with Gasteiger partial charge in [-0.1, -0.05) is 23.7 Å². The van der Waals surface area contributed by atoms with E-state index in [1.165, 1.54) is 4.68 Å². The number of ether oxygens (including phenoxy) is 1. The Morgan fingerprint density at radius 3 is 3.10 bits per heavy atom. The number of carbonyl (C=O) groups excluding carboxylic acids is 1. The Hall–Kier alpha value is -1.85. The number of nitrogens with two attached hydrogens (primary N) is 1. The minimum Gasteiger partial charge on any atom is -0.382 e. The molecule has 3 rings (SSSR count). The third-order valence-electron chi connectivity index (χ3n) is 3.56. The summed E-state index contributed by atoms with van der Waals surface area (Å²) in [6.45, 7) is 0.729. The maximum absolute atomic E-state index is 12.2. The van der Waals surface area contributed by atoms with E-state index in [9.17, 15) is 4.79 Å². The molecule has 1 aliphatic heterocycles. The topological polar surface area (TPSA) is 70.1 Å². The third-order valence-corrected chi connectivity index (χ3v) is 3.80. The molecule has 1 aliphatic rings. The molecule has 0 radical (unpaired) electrons. The van der Waals surface area contributed by atoms with E-state index < -0.39 is 0 Å². The Bertz CT molecular complexity index is 663. The predicted octanol–water partition coefficient (Wildman–Crippen LogP) is 3.00. The van der Waals surface area contributed by atoms with Crippen LogP contribution in [0.2, 0.25) is 5.02 Å². The van der Waals surface area contributed by atoms with E-state index in [-0.39, 0.29) is 12.0 Å². The van der Waals surface area contributed by atoms with Gasteiger partial charge in [0.05, 0.1) is 12.5 Å². The van der Waals surface area contributed by atoms with E-state index in [0.29, 0.717) is 22.8 Å². The van der Waals surface area contributed by atoms with Crippen molar-refractivity contribution < 1.29 is 9.53 Å². The number of benzene rings is 1. The van der Waals surface area contributed by atoms with Gasteiger partial charge in [-0.2, -0.15) is 0 Å². The molecular weight excluding hydrogens is 290 g/mol. The van der Waals surface area contributed by atoms with Crippen LogP contribution < -0.4 is 5.73 Å². The molecule has 0 saturated carbocycles. The molecule has 21 heavy (non-hydrogen) atoms. The molecule has 5 nitrogen and oxygen atoms in total. The molecule has 6 heteroatoms. The number of anilines is 1. The quantitative estimate of drug-likeness (QED) is 0.946. The summed E-state index contributed by atoms with van der Waals surface area (Å²) in [5, 5.41) is 4.72.